The van der Waals surface area contributed by atoms with Crippen LogP contribution in [-0.4, -0.2) is 25.6 Å². The Kier molecular flexibility index (Phi) is 6.18. The van der Waals surface area contributed by atoms with Gasteiger partial charge in [0.2, 0.25) is 0 Å². The molecule has 0 radical (unpaired) electrons. The molecule has 0 aliphatic rings. The molecule has 5 nitrogen and oxygen atoms in total. The maximum absolute atomic E-state index is 13.3. The molecule has 1 N–H and O–H groups in total. The van der Waals surface area contributed by atoms with Crippen LogP contribution < -0.4 is 19.6 Å². The molecule has 1 heterocycles. The second-order valence-electron chi connectivity index (χ2n) is 7.47. The van der Waals surface area contributed by atoms with E-state index in [1.165, 1.54) is 32.4 Å². The molecular formula is C25H19ClF3NO4. The SMILES string of the molecule is COc1cc2[nH]c(C)c(-c3ccc(-c4cc(OC(F)(F)F)ccc4OC)cc3)c(=O)c2cc1Cl. The zero-order chi connectivity index (χ0) is 24.6. The van der Waals surface area contributed by atoms with Gasteiger partial charge in [-0.1, -0.05) is 35.9 Å². The molecule has 0 spiro atoms. The van der Waals surface area contributed by atoms with E-state index >= 15 is 0 Å². The van der Waals surface area contributed by atoms with E-state index in [0.29, 0.717) is 55.4 Å². The van der Waals surface area contributed by atoms with Gasteiger partial charge >= 0.3 is 6.36 Å². The van der Waals surface area contributed by atoms with Crippen LogP contribution in [0.1, 0.15) is 5.69 Å². The van der Waals surface area contributed by atoms with Crippen molar-refractivity contribution in [1.82, 2.24) is 4.98 Å². The summed E-state index contributed by atoms with van der Waals surface area (Å²) in [6.07, 6.45) is -4.81. The highest BCUT2D eigenvalue weighted by atomic mass is 35.5. The molecule has 0 fully saturated rings. The summed E-state index contributed by atoms with van der Waals surface area (Å²) in [5.74, 6) is 0.471. The first kappa shape index (κ1) is 23.5. The van der Waals surface area contributed by atoms with Crippen molar-refractivity contribution >= 4 is 22.5 Å². The van der Waals surface area contributed by atoms with E-state index in [4.69, 9.17) is 21.1 Å². The minimum atomic E-state index is -4.81. The lowest BCUT2D eigenvalue weighted by molar-refractivity contribution is -0.274. The highest BCUT2D eigenvalue weighted by Crippen LogP contribution is 2.36. The van der Waals surface area contributed by atoms with Crippen LogP contribution in [0.15, 0.2) is 59.4 Å². The molecule has 3 aromatic carbocycles. The molecule has 0 unspecified atom stereocenters. The first-order chi connectivity index (χ1) is 16.1. The average molecular weight is 490 g/mol. The van der Waals surface area contributed by atoms with Crippen LogP contribution in [0.3, 0.4) is 0 Å². The number of aromatic amines is 1. The smallest absolute Gasteiger partial charge is 0.496 e. The maximum atomic E-state index is 13.3. The molecule has 34 heavy (non-hydrogen) atoms. The Hall–Kier alpha value is -3.65. The molecule has 0 amide bonds. The Morgan fingerprint density at radius 2 is 1.53 bits per heavy atom. The van der Waals surface area contributed by atoms with E-state index in [0.717, 1.165) is 0 Å². The van der Waals surface area contributed by atoms with Crippen molar-refractivity contribution < 1.29 is 27.4 Å². The van der Waals surface area contributed by atoms with E-state index in [-0.39, 0.29) is 11.2 Å². The highest BCUT2D eigenvalue weighted by Gasteiger charge is 2.31. The third kappa shape index (κ3) is 4.54. The van der Waals surface area contributed by atoms with Crippen molar-refractivity contribution in [2.75, 3.05) is 14.2 Å². The van der Waals surface area contributed by atoms with Crippen molar-refractivity contribution in [3.63, 3.8) is 0 Å². The quantitative estimate of drug-likeness (QED) is 0.337. The van der Waals surface area contributed by atoms with Crippen molar-refractivity contribution in [1.29, 1.82) is 0 Å². The summed E-state index contributed by atoms with van der Waals surface area (Å²) in [6.45, 7) is 1.78. The number of fused-ring (bicyclic) bond motifs is 1. The van der Waals surface area contributed by atoms with Gasteiger partial charge in [0.15, 0.2) is 5.43 Å². The van der Waals surface area contributed by atoms with Gasteiger partial charge in [0, 0.05) is 28.3 Å². The van der Waals surface area contributed by atoms with E-state index < -0.39 is 6.36 Å². The number of benzene rings is 3. The lowest BCUT2D eigenvalue weighted by Crippen LogP contribution is -2.17. The number of alkyl halides is 3. The van der Waals surface area contributed by atoms with E-state index in [9.17, 15) is 18.0 Å². The monoisotopic (exact) mass is 489 g/mol. The number of rotatable bonds is 5. The van der Waals surface area contributed by atoms with Gasteiger partial charge in [-0.15, -0.1) is 13.2 Å². The first-order valence-corrected chi connectivity index (χ1v) is 10.4. The number of ether oxygens (including phenoxy) is 3. The number of methoxy groups -OCH3 is 2. The van der Waals surface area contributed by atoms with Gasteiger partial charge in [0.1, 0.15) is 17.2 Å². The topological polar surface area (TPSA) is 60.6 Å². The zero-order valence-corrected chi connectivity index (χ0v) is 19.1. The molecule has 0 saturated carbocycles. The Bertz CT molecular complexity index is 1430. The van der Waals surface area contributed by atoms with Crippen LogP contribution in [0.2, 0.25) is 5.02 Å². The maximum Gasteiger partial charge on any atom is 0.573 e. The number of hydrogen-bond donors (Lipinski definition) is 1. The van der Waals surface area contributed by atoms with Crippen molar-refractivity contribution in [2.45, 2.75) is 13.3 Å². The van der Waals surface area contributed by atoms with E-state index in [2.05, 4.69) is 9.72 Å². The minimum absolute atomic E-state index is 0.207. The predicted molar refractivity (Wildman–Crippen MR) is 125 cm³/mol. The van der Waals surface area contributed by atoms with Crippen LogP contribution in [0.5, 0.6) is 17.2 Å². The number of halogens is 4. The average Bonchev–Trinajstić information content (AvgIpc) is 2.79. The summed E-state index contributed by atoms with van der Waals surface area (Å²) in [6, 6.07) is 13.9. The van der Waals surface area contributed by atoms with Gasteiger partial charge in [0.05, 0.1) is 24.8 Å². The minimum Gasteiger partial charge on any atom is -0.496 e. The van der Waals surface area contributed by atoms with E-state index in [1.807, 2.05) is 0 Å². The van der Waals surface area contributed by atoms with Crippen molar-refractivity contribution in [3.05, 3.63) is 75.5 Å². The second kappa shape index (κ2) is 8.95. The van der Waals surface area contributed by atoms with Crippen molar-refractivity contribution in [2.24, 2.45) is 0 Å². The third-order valence-corrected chi connectivity index (χ3v) is 5.65. The molecule has 0 aliphatic heterocycles. The molecule has 0 atom stereocenters. The fraction of sp³-hybridized carbons (Fsp3) is 0.160. The van der Waals surface area contributed by atoms with Crippen molar-refractivity contribution in [3.8, 4) is 39.5 Å². The van der Waals surface area contributed by atoms with Gasteiger partial charge in [-0.3, -0.25) is 4.79 Å². The lowest BCUT2D eigenvalue weighted by Gasteiger charge is -2.14. The molecule has 0 saturated heterocycles. The molecule has 176 valence electrons. The van der Waals surface area contributed by atoms with Crippen LogP contribution >= 0.6 is 11.6 Å². The lowest BCUT2D eigenvalue weighted by atomic mass is 9.97. The number of aryl methyl sites for hydroxylation is 1. The summed E-state index contributed by atoms with van der Waals surface area (Å²) in [5, 5.41) is 0.729. The summed E-state index contributed by atoms with van der Waals surface area (Å²) >= 11 is 6.21. The molecule has 4 aromatic rings. The largest absolute Gasteiger partial charge is 0.573 e. The normalized spacial score (nSPS) is 11.5. The molecule has 0 aliphatic carbocycles. The zero-order valence-electron chi connectivity index (χ0n) is 18.3. The summed E-state index contributed by atoms with van der Waals surface area (Å²) in [5.41, 5.74) is 3.14. The Morgan fingerprint density at radius 3 is 2.15 bits per heavy atom. The summed E-state index contributed by atoms with van der Waals surface area (Å²) in [4.78, 5) is 16.5. The first-order valence-electron chi connectivity index (χ1n) is 10.1. The third-order valence-electron chi connectivity index (χ3n) is 5.35. The predicted octanol–water partition coefficient (Wildman–Crippen LogP) is 6.74. The van der Waals surface area contributed by atoms with Gasteiger partial charge in [0.25, 0.3) is 0 Å². The molecule has 9 heteroatoms. The van der Waals surface area contributed by atoms with Crippen LogP contribution in [-0.2, 0) is 0 Å². The molecular weight excluding hydrogens is 471 g/mol. The summed E-state index contributed by atoms with van der Waals surface area (Å²) < 4.78 is 52.5. The standard InChI is InChI=1S/C25H19ClF3NO4/c1-13-23(24(31)18-11-19(26)22(33-3)12-20(18)30-13)15-6-4-14(5-7-15)17-10-16(34-25(27,28)29)8-9-21(17)32-2/h4-12H,1-3H3,(H,30,31). The Balaban J connectivity index is 1.78. The fourth-order valence-corrected chi connectivity index (χ4v) is 4.09. The Morgan fingerprint density at radius 1 is 0.882 bits per heavy atom. The highest BCUT2D eigenvalue weighted by molar-refractivity contribution is 6.32. The summed E-state index contributed by atoms with van der Waals surface area (Å²) in [7, 11) is 2.92. The van der Waals surface area contributed by atoms with E-state index in [1.54, 1.807) is 43.3 Å². The van der Waals surface area contributed by atoms with Gasteiger partial charge in [-0.05, 0) is 42.3 Å². The van der Waals surface area contributed by atoms with Crippen LogP contribution in [0.25, 0.3) is 33.2 Å². The molecule has 1 aromatic heterocycles. The van der Waals surface area contributed by atoms with Crippen LogP contribution in [0.4, 0.5) is 13.2 Å². The number of nitrogens with one attached hydrogen (secondary N) is 1. The number of aromatic nitrogens is 1. The fourth-order valence-electron chi connectivity index (χ4n) is 3.84. The Labute approximate surface area is 197 Å². The van der Waals surface area contributed by atoms with Gasteiger partial charge in [-0.25, -0.2) is 0 Å². The van der Waals surface area contributed by atoms with Gasteiger partial charge in [-0.2, -0.15) is 0 Å². The van der Waals surface area contributed by atoms with Crippen LogP contribution in [0, 0.1) is 6.92 Å². The number of pyridine rings is 1. The number of H-pyrrole nitrogens is 1. The number of hydrogen-bond acceptors (Lipinski definition) is 4. The molecule has 4 rings (SSSR count). The van der Waals surface area contributed by atoms with Gasteiger partial charge < -0.3 is 19.2 Å². The second-order valence-corrected chi connectivity index (χ2v) is 7.88. The molecule has 0 bridgehead atoms.